The van der Waals surface area contributed by atoms with Crippen molar-refractivity contribution in [3.05, 3.63) is 61.3 Å². The van der Waals surface area contributed by atoms with Crippen molar-refractivity contribution in [2.75, 3.05) is 13.4 Å². The minimum Gasteiger partial charge on any atom is -0.756 e. The van der Waals surface area contributed by atoms with E-state index >= 15 is 0 Å². The first-order valence-electron chi connectivity index (χ1n) is 8.59. The normalized spacial score (nSPS) is 25.3. The third-order valence-electron chi connectivity index (χ3n) is 4.19. The maximum Gasteiger partial charge on any atom is 0.330 e. The van der Waals surface area contributed by atoms with Crippen molar-refractivity contribution in [2.45, 2.75) is 24.5 Å². The first-order valence-corrected chi connectivity index (χ1v) is 10.8. The molecule has 5 atom stereocenters. The molecule has 1 unspecified atom stereocenters. The van der Waals surface area contributed by atoms with Gasteiger partial charge in [-0.1, -0.05) is 23.2 Å². The molecule has 3 rings (SSSR count). The molecule has 0 spiro atoms. The highest BCUT2D eigenvalue weighted by Crippen LogP contribution is 2.44. The number of phosphoric ester groups is 1. The van der Waals surface area contributed by atoms with E-state index in [0.29, 0.717) is 0 Å². The van der Waals surface area contributed by atoms with Gasteiger partial charge in [0.25, 0.3) is 13.4 Å². The van der Waals surface area contributed by atoms with Gasteiger partial charge in [0, 0.05) is 18.3 Å². The number of aromatic amines is 1. The molecule has 31 heavy (non-hydrogen) atoms. The lowest BCUT2D eigenvalue weighted by molar-refractivity contribution is -0.238. The van der Waals surface area contributed by atoms with Crippen LogP contribution in [0.3, 0.4) is 0 Å². The molecule has 12 nitrogen and oxygen atoms in total. The molecule has 1 aliphatic heterocycles. The van der Waals surface area contributed by atoms with E-state index in [9.17, 15) is 29.3 Å². The Hall–Kier alpha value is -1.73. The van der Waals surface area contributed by atoms with Gasteiger partial charge in [0.2, 0.25) is 0 Å². The smallest absolute Gasteiger partial charge is 0.330 e. The summed E-state index contributed by atoms with van der Waals surface area (Å²) < 4.78 is 32.8. The van der Waals surface area contributed by atoms with E-state index in [2.05, 4.69) is 4.52 Å². The molecule has 1 fully saturated rings. The molecule has 0 saturated carbocycles. The zero-order valence-corrected chi connectivity index (χ0v) is 17.8. The van der Waals surface area contributed by atoms with Gasteiger partial charge in [0.1, 0.15) is 24.1 Å². The summed E-state index contributed by atoms with van der Waals surface area (Å²) in [6.07, 6.45) is -5.02. The summed E-state index contributed by atoms with van der Waals surface area (Å²) in [5, 5.41) is 20.3. The van der Waals surface area contributed by atoms with Gasteiger partial charge in [0.15, 0.2) is 13.0 Å². The highest BCUT2D eigenvalue weighted by Gasteiger charge is 2.47. The predicted molar refractivity (Wildman–Crippen MR) is 104 cm³/mol. The lowest BCUT2D eigenvalue weighted by atomic mass is 10.1. The van der Waals surface area contributed by atoms with Crippen molar-refractivity contribution < 1.29 is 38.2 Å². The van der Waals surface area contributed by atoms with Crippen molar-refractivity contribution in [1.82, 2.24) is 9.55 Å². The van der Waals surface area contributed by atoms with E-state index in [1.807, 2.05) is 4.98 Å². The fraction of sp³-hybridized carbons (Fsp3) is 0.375. The summed E-state index contributed by atoms with van der Waals surface area (Å²) in [6.45, 7) is -1.52. The van der Waals surface area contributed by atoms with Crippen molar-refractivity contribution in [3.63, 3.8) is 0 Å². The van der Waals surface area contributed by atoms with Gasteiger partial charge < -0.3 is 29.1 Å². The Morgan fingerprint density at radius 1 is 1.26 bits per heavy atom. The Kier molecular flexibility index (Phi) is 7.58. The van der Waals surface area contributed by atoms with Crippen molar-refractivity contribution >= 4 is 31.0 Å². The Balaban J connectivity index is 1.66. The van der Waals surface area contributed by atoms with E-state index in [4.69, 9.17) is 37.2 Å². The number of phosphoric acid groups is 1. The second kappa shape index (κ2) is 9.82. The van der Waals surface area contributed by atoms with Crippen LogP contribution in [-0.2, 0) is 18.3 Å². The van der Waals surface area contributed by atoms with Crippen molar-refractivity contribution in [3.8, 4) is 5.75 Å². The van der Waals surface area contributed by atoms with E-state index < -0.39 is 57.0 Å². The van der Waals surface area contributed by atoms with E-state index in [1.165, 1.54) is 18.2 Å². The van der Waals surface area contributed by atoms with Crippen LogP contribution in [0.2, 0.25) is 10.0 Å². The zero-order valence-electron chi connectivity index (χ0n) is 15.4. The van der Waals surface area contributed by atoms with Gasteiger partial charge in [-0.2, -0.15) is 0 Å². The van der Waals surface area contributed by atoms with Gasteiger partial charge in [-0.25, -0.2) is 4.79 Å². The molecule has 15 heteroatoms. The molecule has 0 radical (unpaired) electrons. The molecule has 3 N–H and O–H groups in total. The molecular formula is C16H16Cl2N2O10P-. The number of nitrogens with zero attached hydrogens (tertiary/aromatic N) is 1. The van der Waals surface area contributed by atoms with Gasteiger partial charge in [0.05, 0.1) is 16.7 Å². The van der Waals surface area contributed by atoms with Crippen LogP contribution in [0.25, 0.3) is 0 Å². The molecule has 2 aromatic rings. The lowest BCUT2D eigenvalue weighted by Crippen LogP contribution is -2.39. The number of ether oxygens (including phenoxy) is 2. The summed E-state index contributed by atoms with van der Waals surface area (Å²) in [5.74, 6) is 0.171. The Morgan fingerprint density at radius 2 is 2.00 bits per heavy atom. The Bertz CT molecular complexity index is 1090. The topological polar surface area (TPSA) is 172 Å². The van der Waals surface area contributed by atoms with Crippen LogP contribution in [0, 0.1) is 0 Å². The van der Waals surface area contributed by atoms with Crippen LogP contribution in [0.4, 0.5) is 0 Å². The van der Waals surface area contributed by atoms with Gasteiger partial charge in [-0.15, -0.1) is 0 Å². The number of hydrogen-bond acceptors (Lipinski definition) is 10. The van der Waals surface area contributed by atoms with Crippen LogP contribution in [0.15, 0.2) is 40.1 Å². The zero-order chi connectivity index (χ0) is 22.8. The van der Waals surface area contributed by atoms with Crippen molar-refractivity contribution in [2.24, 2.45) is 0 Å². The van der Waals surface area contributed by atoms with Crippen LogP contribution in [0.5, 0.6) is 5.75 Å². The second-order valence-corrected chi connectivity index (χ2v) is 8.42. The Labute approximate surface area is 184 Å². The first-order chi connectivity index (χ1) is 14.6. The number of aliphatic hydroxyl groups excluding tert-OH is 2. The highest BCUT2D eigenvalue weighted by molar-refractivity contribution is 7.45. The molecule has 170 valence electrons. The molecule has 0 amide bonds. The van der Waals surface area contributed by atoms with E-state index in [-0.39, 0.29) is 15.8 Å². The maximum absolute atomic E-state index is 12.2. The average molecular weight is 498 g/mol. The molecule has 0 aliphatic carbocycles. The summed E-state index contributed by atoms with van der Waals surface area (Å²) in [7, 11) is -5.06. The predicted octanol–water partition coefficient (Wildman–Crippen LogP) is 0.000700. The van der Waals surface area contributed by atoms with E-state index in [1.54, 1.807) is 0 Å². The van der Waals surface area contributed by atoms with Gasteiger partial charge in [-0.3, -0.25) is 23.4 Å². The van der Waals surface area contributed by atoms with Crippen LogP contribution in [-0.4, -0.2) is 51.5 Å². The van der Waals surface area contributed by atoms with Crippen LogP contribution >= 0.6 is 31.0 Å². The Morgan fingerprint density at radius 3 is 2.65 bits per heavy atom. The first kappa shape index (κ1) is 23.9. The number of nitrogens with one attached hydrogen (secondary N) is 1. The lowest BCUT2D eigenvalue weighted by Gasteiger charge is -2.29. The number of rotatable bonds is 8. The molecular weight excluding hydrogens is 482 g/mol. The number of aromatic nitrogens is 2. The number of H-pyrrole nitrogens is 1. The minimum absolute atomic E-state index is 0.171. The second-order valence-electron chi connectivity index (χ2n) is 6.24. The molecule has 1 aromatic carbocycles. The third kappa shape index (κ3) is 5.75. The molecule has 2 heterocycles. The molecule has 1 aliphatic rings. The molecule has 0 bridgehead atoms. The highest BCUT2D eigenvalue weighted by atomic mass is 35.5. The number of halogens is 2. The molecule has 1 saturated heterocycles. The maximum atomic E-state index is 12.2. The quantitative estimate of drug-likeness (QED) is 0.332. The van der Waals surface area contributed by atoms with Crippen molar-refractivity contribution in [1.29, 1.82) is 0 Å². The SMILES string of the molecule is O=c1ccn([C@@H]2O[C@H](CO)[C@@H](OP(=O)([O-])OCOc3ccc(Cl)c(Cl)c3)[C@H]2O)c(=O)[nH]1. The monoisotopic (exact) mass is 497 g/mol. The van der Waals surface area contributed by atoms with Gasteiger partial charge in [-0.05, 0) is 12.1 Å². The standard InChI is InChI=1S/C16H17Cl2N2O10P/c17-9-2-1-8(5-10(9)18)27-7-28-31(25,26)30-14-11(6-21)29-15(13(14)23)20-4-3-12(22)19-16(20)24/h1-5,11,13-15,21,23H,6-7H2,(H,25,26)(H,19,22,24)/p-1/t11-,13-,14-,15-/m1/s1. The van der Waals surface area contributed by atoms with Gasteiger partial charge >= 0.3 is 5.69 Å². The largest absolute Gasteiger partial charge is 0.756 e. The number of benzene rings is 1. The summed E-state index contributed by atoms with van der Waals surface area (Å²) in [5.41, 5.74) is -1.59. The fourth-order valence-electron chi connectivity index (χ4n) is 2.76. The van der Waals surface area contributed by atoms with E-state index in [0.717, 1.165) is 16.8 Å². The number of hydrogen-bond donors (Lipinski definition) is 3. The summed E-state index contributed by atoms with van der Waals surface area (Å²) >= 11 is 11.6. The number of aliphatic hydroxyl groups is 2. The van der Waals surface area contributed by atoms with Crippen LogP contribution < -0.4 is 20.9 Å². The average Bonchev–Trinajstić information content (AvgIpc) is 2.99. The summed E-state index contributed by atoms with van der Waals surface area (Å²) in [4.78, 5) is 37.2. The van der Waals surface area contributed by atoms with Crippen LogP contribution in [0.1, 0.15) is 6.23 Å². The minimum atomic E-state index is -5.06. The third-order valence-corrected chi connectivity index (χ3v) is 5.86. The summed E-state index contributed by atoms with van der Waals surface area (Å²) in [6, 6.07) is 5.20. The fourth-order valence-corrected chi connectivity index (χ4v) is 3.85. The molecule has 1 aromatic heterocycles.